The van der Waals surface area contributed by atoms with Crippen molar-refractivity contribution in [1.29, 1.82) is 0 Å². The van der Waals surface area contributed by atoms with Crippen molar-refractivity contribution in [3.63, 3.8) is 0 Å². The van der Waals surface area contributed by atoms with Gasteiger partial charge >= 0.3 is 5.92 Å². The minimum Gasteiger partial charge on any atom is -0.383 e. The van der Waals surface area contributed by atoms with Crippen molar-refractivity contribution in [3.8, 4) is 0 Å². The molecule has 0 atom stereocenters. The molecular formula is C12H17F2N3O2. The van der Waals surface area contributed by atoms with E-state index in [1.807, 2.05) is 0 Å². The maximum Gasteiger partial charge on any atom is 0.352 e. The number of aryl methyl sites for hydroxylation is 1. The summed E-state index contributed by atoms with van der Waals surface area (Å²) in [6.07, 6.45) is 4.25. The molecule has 0 aliphatic heterocycles. The van der Waals surface area contributed by atoms with E-state index >= 15 is 0 Å². The van der Waals surface area contributed by atoms with Gasteiger partial charge in [0.25, 0.3) is 5.91 Å². The predicted molar refractivity (Wildman–Crippen MR) is 63.7 cm³/mol. The van der Waals surface area contributed by atoms with Gasteiger partial charge in [-0.15, -0.1) is 0 Å². The van der Waals surface area contributed by atoms with Crippen LogP contribution < -0.4 is 5.32 Å². The largest absolute Gasteiger partial charge is 0.383 e. The van der Waals surface area contributed by atoms with E-state index in [4.69, 9.17) is 0 Å². The zero-order valence-corrected chi connectivity index (χ0v) is 10.7. The lowest BCUT2D eigenvalue weighted by atomic mass is 9.75. The Morgan fingerprint density at radius 3 is 2.79 bits per heavy atom. The Bertz CT molecular complexity index is 469. The highest BCUT2D eigenvalue weighted by Gasteiger charge is 2.60. The highest BCUT2D eigenvalue weighted by Crippen LogP contribution is 2.44. The van der Waals surface area contributed by atoms with Gasteiger partial charge in [0.2, 0.25) is 0 Å². The molecule has 1 fully saturated rings. The van der Waals surface area contributed by atoms with Crippen molar-refractivity contribution in [2.75, 3.05) is 6.54 Å². The van der Waals surface area contributed by atoms with Gasteiger partial charge in [-0.3, -0.25) is 9.48 Å². The molecule has 0 aromatic carbocycles. The third-order valence-electron chi connectivity index (χ3n) is 3.51. The lowest BCUT2D eigenvalue weighted by molar-refractivity contribution is -0.215. The fourth-order valence-electron chi connectivity index (χ4n) is 2.07. The van der Waals surface area contributed by atoms with Crippen LogP contribution in [0.1, 0.15) is 24.8 Å². The summed E-state index contributed by atoms with van der Waals surface area (Å²) in [6, 6.07) is 0. The van der Waals surface area contributed by atoms with Crippen LogP contribution in [0.2, 0.25) is 0 Å². The third kappa shape index (κ3) is 2.60. The van der Waals surface area contributed by atoms with Crippen LogP contribution >= 0.6 is 0 Å². The van der Waals surface area contributed by atoms with E-state index in [-0.39, 0.29) is 19.4 Å². The van der Waals surface area contributed by atoms with Gasteiger partial charge in [0.15, 0.2) is 0 Å². The summed E-state index contributed by atoms with van der Waals surface area (Å²) in [7, 11) is 1.75. The van der Waals surface area contributed by atoms with Crippen LogP contribution in [0.4, 0.5) is 8.78 Å². The molecule has 0 radical (unpaired) electrons. The molecule has 2 N–H and O–H groups in total. The second-order valence-electron chi connectivity index (χ2n) is 4.99. The lowest BCUT2D eigenvalue weighted by Gasteiger charge is -2.41. The van der Waals surface area contributed by atoms with Crippen LogP contribution in [0.25, 0.3) is 0 Å². The molecule has 1 amide bonds. The molecule has 5 nitrogen and oxygen atoms in total. The van der Waals surface area contributed by atoms with Crippen molar-refractivity contribution in [2.24, 2.45) is 7.05 Å². The number of rotatable bonds is 5. The van der Waals surface area contributed by atoms with Crippen LogP contribution in [0, 0.1) is 0 Å². The van der Waals surface area contributed by atoms with Gasteiger partial charge in [-0.1, -0.05) is 0 Å². The van der Waals surface area contributed by atoms with Gasteiger partial charge < -0.3 is 10.4 Å². The Hall–Kier alpha value is -1.50. The van der Waals surface area contributed by atoms with Crippen LogP contribution in [-0.4, -0.2) is 38.9 Å². The minimum absolute atomic E-state index is 0.0317. The maximum absolute atomic E-state index is 13.7. The Morgan fingerprint density at radius 1 is 1.63 bits per heavy atom. The zero-order valence-electron chi connectivity index (χ0n) is 10.7. The third-order valence-corrected chi connectivity index (χ3v) is 3.51. The van der Waals surface area contributed by atoms with Crippen LogP contribution in [-0.2, 0) is 18.3 Å². The minimum atomic E-state index is -3.72. The average molecular weight is 273 g/mol. The number of carbonyl (C=O) groups excluding carboxylic acids is 1. The van der Waals surface area contributed by atoms with Gasteiger partial charge in [0.1, 0.15) is 5.60 Å². The average Bonchev–Trinajstić information content (AvgIpc) is 2.71. The van der Waals surface area contributed by atoms with Crippen molar-refractivity contribution in [2.45, 2.75) is 37.2 Å². The quantitative estimate of drug-likeness (QED) is 0.827. The first kappa shape index (κ1) is 13.9. The van der Waals surface area contributed by atoms with E-state index in [0.29, 0.717) is 12.8 Å². The van der Waals surface area contributed by atoms with Gasteiger partial charge in [-0.25, -0.2) is 0 Å². The van der Waals surface area contributed by atoms with E-state index in [1.54, 1.807) is 24.1 Å². The van der Waals surface area contributed by atoms with E-state index in [0.717, 1.165) is 5.56 Å². The molecular weight excluding hydrogens is 256 g/mol. The van der Waals surface area contributed by atoms with Crippen molar-refractivity contribution in [3.05, 3.63) is 18.0 Å². The molecule has 1 heterocycles. The van der Waals surface area contributed by atoms with Gasteiger partial charge in [0, 0.05) is 19.8 Å². The number of aromatic nitrogens is 2. The Kier molecular flexibility index (Phi) is 3.58. The lowest BCUT2D eigenvalue weighted by Crippen LogP contribution is -2.60. The van der Waals surface area contributed by atoms with E-state index in [1.165, 1.54) is 0 Å². The highest BCUT2D eigenvalue weighted by atomic mass is 19.3. The number of nitrogens with one attached hydrogen (secondary N) is 1. The number of hydrogen-bond acceptors (Lipinski definition) is 3. The molecule has 1 saturated carbocycles. The summed E-state index contributed by atoms with van der Waals surface area (Å²) in [5.74, 6) is -5.13. The molecule has 0 saturated heterocycles. The first-order valence-electron chi connectivity index (χ1n) is 6.21. The van der Waals surface area contributed by atoms with Crippen LogP contribution in [0.5, 0.6) is 0 Å². The highest BCUT2D eigenvalue weighted by molar-refractivity contribution is 5.85. The number of amides is 1. The number of halogens is 2. The summed E-state index contributed by atoms with van der Waals surface area (Å²) in [4.78, 5) is 11.5. The number of alkyl halides is 2. The number of hydrogen-bond donors (Lipinski definition) is 2. The van der Waals surface area contributed by atoms with Crippen LogP contribution in [0.15, 0.2) is 12.4 Å². The van der Waals surface area contributed by atoms with E-state index in [9.17, 15) is 18.7 Å². The summed E-state index contributed by atoms with van der Waals surface area (Å²) in [5.41, 5.74) is -1.31. The number of carbonyl (C=O) groups is 1. The fraction of sp³-hybridized carbons (Fsp3) is 0.667. The molecule has 7 heteroatoms. The topological polar surface area (TPSA) is 67.2 Å². The second kappa shape index (κ2) is 4.88. The molecule has 1 aromatic rings. The van der Waals surface area contributed by atoms with Crippen molar-refractivity contribution < 1.29 is 18.7 Å². The van der Waals surface area contributed by atoms with E-state index < -0.39 is 17.4 Å². The first-order chi connectivity index (χ1) is 8.85. The standard InChI is InChI=1S/C12H17F2N3O2/c1-17-8-9(7-16-17)3-6-15-10(18)12(13,14)11(19)4-2-5-11/h7-8,19H,2-6H2,1H3,(H,15,18). The van der Waals surface area contributed by atoms with E-state index in [2.05, 4.69) is 10.4 Å². The molecule has 0 unspecified atom stereocenters. The molecule has 1 aliphatic carbocycles. The monoisotopic (exact) mass is 273 g/mol. The fourth-order valence-corrected chi connectivity index (χ4v) is 2.07. The Labute approximate surface area is 109 Å². The molecule has 106 valence electrons. The van der Waals surface area contributed by atoms with Crippen molar-refractivity contribution >= 4 is 5.91 Å². The SMILES string of the molecule is Cn1cc(CCNC(=O)C(F)(F)C2(O)CCC2)cn1. The summed E-state index contributed by atoms with van der Waals surface area (Å²) in [6.45, 7) is 0.0934. The zero-order chi connectivity index (χ0) is 14.1. The van der Waals surface area contributed by atoms with Gasteiger partial charge in [0.05, 0.1) is 6.20 Å². The number of nitrogens with zero attached hydrogens (tertiary/aromatic N) is 2. The van der Waals surface area contributed by atoms with Crippen molar-refractivity contribution in [1.82, 2.24) is 15.1 Å². The first-order valence-corrected chi connectivity index (χ1v) is 6.21. The molecule has 0 spiro atoms. The van der Waals surface area contributed by atoms with Crippen LogP contribution in [0.3, 0.4) is 0 Å². The molecule has 19 heavy (non-hydrogen) atoms. The number of aliphatic hydroxyl groups is 1. The molecule has 1 aliphatic rings. The molecule has 1 aromatic heterocycles. The summed E-state index contributed by atoms with van der Waals surface area (Å²) in [5, 5.41) is 15.7. The van der Waals surface area contributed by atoms with Gasteiger partial charge in [-0.2, -0.15) is 13.9 Å². The molecule has 2 rings (SSSR count). The maximum atomic E-state index is 13.7. The van der Waals surface area contributed by atoms with Gasteiger partial charge in [-0.05, 0) is 31.2 Å². The summed E-state index contributed by atoms with van der Waals surface area (Å²) >= 11 is 0. The predicted octanol–water partition coefficient (Wildman–Crippen LogP) is 0.629. The normalized spacial score (nSPS) is 17.9. The Morgan fingerprint density at radius 2 is 2.32 bits per heavy atom. The summed E-state index contributed by atoms with van der Waals surface area (Å²) < 4.78 is 29.0. The smallest absolute Gasteiger partial charge is 0.352 e. The second-order valence-corrected chi connectivity index (χ2v) is 4.99. The Balaban J connectivity index is 1.84. The molecule has 0 bridgehead atoms.